The Morgan fingerprint density at radius 2 is 1.90 bits per heavy atom. The molecule has 2 aromatic heterocycles. The summed E-state index contributed by atoms with van der Waals surface area (Å²) in [5.41, 5.74) is 0. The van der Waals surface area contributed by atoms with Crippen molar-refractivity contribution in [2.45, 2.75) is 31.8 Å². The zero-order valence-corrected chi connectivity index (χ0v) is 13.3. The Bertz CT molecular complexity index is 570. The summed E-state index contributed by atoms with van der Waals surface area (Å²) in [6.45, 7) is 5.71. The Morgan fingerprint density at radius 3 is 2.52 bits per heavy atom. The first-order chi connectivity index (χ1) is 10.3. The fraction of sp³-hybridized carbons (Fsp3) is 0.583. The maximum Gasteiger partial charge on any atom is 0.258 e. The highest BCUT2D eigenvalue weighted by Crippen LogP contribution is 2.11. The minimum Gasteiger partial charge on any atom is -0.354 e. The van der Waals surface area contributed by atoms with Crippen LogP contribution in [0.25, 0.3) is 5.95 Å². The number of thioether (sulfide) groups is 1. The predicted octanol–water partition coefficient (Wildman–Crippen LogP) is 1.82. The van der Waals surface area contributed by atoms with Gasteiger partial charge in [0.2, 0.25) is 17.1 Å². The summed E-state index contributed by atoms with van der Waals surface area (Å²) in [6.07, 6.45) is 5.71. The van der Waals surface area contributed by atoms with E-state index in [0.29, 0.717) is 23.0 Å². The molecule has 0 amide bonds. The van der Waals surface area contributed by atoms with Crippen molar-refractivity contribution in [2.75, 3.05) is 30.0 Å². The first-order valence-corrected chi connectivity index (χ1v) is 8.19. The topological polar surface area (TPSA) is 93.4 Å². The normalized spacial score (nSPS) is 10.6. The summed E-state index contributed by atoms with van der Waals surface area (Å²) in [7, 11) is 0. The molecule has 0 aliphatic heterocycles. The second kappa shape index (κ2) is 7.77. The van der Waals surface area contributed by atoms with Gasteiger partial charge in [0.25, 0.3) is 5.95 Å². The zero-order chi connectivity index (χ0) is 15.1. The van der Waals surface area contributed by atoms with Gasteiger partial charge in [-0.25, -0.2) is 4.98 Å². The van der Waals surface area contributed by atoms with E-state index in [1.54, 1.807) is 11.0 Å². The van der Waals surface area contributed by atoms with Crippen LogP contribution >= 0.6 is 11.8 Å². The SMILES string of the molecule is CCCCNc1nc(NCC)nc(-n2cnc(SC)n2)n1. The minimum absolute atomic E-state index is 0.452. The first-order valence-electron chi connectivity index (χ1n) is 6.96. The molecule has 0 aliphatic rings. The van der Waals surface area contributed by atoms with Gasteiger partial charge < -0.3 is 10.6 Å². The van der Waals surface area contributed by atoms with E-state index in [1.807, 2.05) is 13.2 Å². The summed E-state index contributed by atoms with van der Waals surface area (Å²) in [6, 6.07) is 0. The molecule has 0 saturated heterocycles. The molecule has 0 fully saturated rings. The molecule has 21 heavy (non-hydrogen) atoms. The molecule has 0 aliphatic carbocycles. The van der Waals surface area contributed by atoms with Crippen molar-refractivity contribution in [2.24, 2.45) is 0 Å². The zero-order valence-electron chi connectivity index (χ0n) is 12.5. The summed E-state index contributed by atoms with van der Waals surface area (Å²) in [5.74, 6) is 1.53. The van der Waals surface area contributed by atoms with Crippen molar-refractivity contribution >= 4 is 23.7 Å². The number of anilines is 2. The van der Waals surface area contributed by atoms with Crippen LogP contribution in [-0.2, 0) is 0 Å². The number of unbranched alkanes of at least 4 members (excludes halogenated alkanes) is 1. The van der Waals surface area contributed by atoms with Crippen LogP contribution in [0.15, 0.2) is 11.5 Å². The maximum absolute atomic E-state index is 4.38. The van der Waals surface area contributed by atoms with Gasteiger partial charge in [-0.1, -0.05) is 25.1 Å². The molecule has 0 radical (unpaired) electrons. The number of nitrogens with one attached hydrogen (secondary N) is 2. The molecule has 2 heterocycles. The van der Waals surface area contributed by atoms with E-state index in [4.69, 9.17) is 0 Å². The van der Waals surface area contributed by atoms with E-state index >= 15 is 0 Å². The van der Waals surface area contributed by atoms with Gasteiger partial charge >= 0.3 is 0 Å². The summed E-state index contributed by atoms with van der Waals surface area (Å²) in [5, 5.41) is 11.3. The number of hydrogen-bond acceptors (Lipinski definition) is 8. The van der Waals surface area contributed by atoms with Crippen LogP contribution in [0.3, 0.4) is 0 Å². The number of aromatic nitrogens is 6. The lowest BCUT2D eigenvalue weighted by atomic mass is 10.3. The Balaban J connectivity index is 2.25. The molecule has 0 aromatic carbocycles. The van der Waals surface area contributed by atoms with Gasteiger partial charge in [-0.05, 0) is 19.6 Å². The third kappa shape index (κ3) is 4.28. The van der Waals surface area contributed by atoms with E-state index in [1.165, 1.54) is 11.8 Å². The van der Waals surface area contributed by atoms with E-state index in [9.17, 15) is 0 Å². The van der Waals surface area contributed by atoms with Gasteiger partial charge in [0.05, 0.1) is 0 Å². The van der Waals surface area contributed by atoms with Gasteiger partial charge in [-0.3, -0.25) is 0 Å². The van der Waals surface area contributed by atoms with Crippen molar-refractivity contribution < 1.29 is 0 Å². The lowest BCUT2D eigenvalue weighted by molar-refractivity contribution is 0.765. The third-order valence-corrected chi connectivity index (χ3v) is 3.18. The largest absolute Gasteiger partial charge is 0.354 e. The number of rotatable bonds is 8. The van der Waals surface area contributed by atoms with Crippen molar-refractivity contribution in [1.82, 2.24) is 29.7 Å². The van der Waals surface area contributed by atoms with Crippen LogP contribution in [0.2, 0.25) is 0 Å². The van der Waals surface area contributed by atoms with Crippen LogP contribution in [0, 0.1) is 0 Å². The smallest absolute Gasteiger partial charge is 0.258 e. The second-order valence-corrected chi connectivity index (χ2v) is 5.04. The Labute approximate surface area is 128 Å². The van der Waals surface area contributed by atoms with Crippen molar-refractivity contribution in [1.29, 1.82) is 0 Å². The Kier molecular flexibility index (Phi) is 5.73. The molecule has 0 bridgehead atoms. The lowest BCUT2D eigenvalue weighted by Gasteiger charge is -2.08. The van der Waals surface area contributed by atoms with Gasteiger partial charge in [0.1, 0.15) is 6.33 Å². The van der Waals surface area contributed by atoms with Gasteiger partial charge in [0, 0.05) is 13.1 Å². The predicted molar refractivity (Wildman–Crippen MR) is 84.1 cm³/mol. The Hall–Kier alpha value is -1.90. The monoisotopic (exact) mass is 308 g/mol. The van der Waals surface area contributed by atoms with Crippen LogP contribution < -0.4 is 10.6 Å². The van der Waals surface area contributed by atoms with Gasteiger partial charge in [-0.2, -0.15) is 19.6 Å². The molecule has 0 unspecified atom stereocenters. The van der Waals surface area contributed by atoms with E-state index in [-0.39, 0.29) is 0 Å². The molecule has 0 spiro atoms. The second-order valence-electron chi connectivity index (χ2n) is 4.27. The fourth-order valence-electron chi connectivity index (χ4n) is 1.60. The van der Waals surface area contributed by atoms with Crippen molar-refractivity contribution in [3.8, 4) is 5.95 Å². The highest BCUT2D eigenvalue weighted by atomic mass is 32.2. The molecule has 0 saturated carbocycles. The average Bonchev–Trinajstić information content (AvgIpc) is 2.97. The number of nitrogens with zero attached hydrogens (tertiary/aromatic N) is 6. The quantitative estimate of drug-likeness (QED) is 0.563. The Morgan fingerprint density at radius 1 is 1.14 bits per heavy atom. The molecular weight excluding hydrogens is 288 g/mol. The lowest BCUT2D eigenvalue weighted by Crippen LogP contribution is -2.13. The molecule has 2 rings (SSSR count). The van der Waals surface area contributed by atoms with Crippen LogP contribution in [0.4, 0.5) is 11.9 Å². The highest BCUT2D eigenvalue weighted by molar-refractivity contribution is 7.98. The van der Waals surface area contributed by atoms with Crippen molar-refractivity contribution in [3.63, 3.8) is 0 Å². The van der Waals surface area contributed by atoms with Gasteiger partial charge in [-0.15, -0.1) is 5.10 Å². The molecule has 2 N–H and O–H groups in total. The summed E-state index contributed by atoms with van der Waals surface area (Å²) < 4.78 is 1.55. The third-order valence-electron chi connectivity index (χ3n) is 2.63. The maximum atomic E-state index is 4.38. The van der Waals surface area contributed by atoms with Crippen LogP contribution in [0.1, 0.15) is 26.7 Å². The summed E-state index contributed by atoms with van der Waals surface area (Å²) in [4.78, 5) is 17.2. The molecule has 8 nitrogen and oxygen atoms in total. The molecular formula is C12H20N8S. The van der Waals surface area contributed by atoms with E-state index in [0.717, 1.165) is 25.9 Å². The van der Waals surface area contributed by atoms with Gasteiger partial charge in [0.15, 0.2) is 0 Å². The average molecular weight is 308 g/mol. The fourth-order valence-corrected chi connectivity index (χ4v) is 1.92. The minimum atomic E-state index is 0.452. The summed E-state index contributed by atoms with van der Waals surface area (Å²) >= 11 is 1.47. The van der Waals surface area contributed by atoms with E-state index < -0.39 is 0 Å². The standard InChI is InChI=1S/C12H20N8S/c1-4-6-7-14-10-16-9(13-5-2)17-11(18-10)20-8-15-12(19-20)21-3/h8H,4-7H2,1-3H3,(H2,13,14,16,17,18). The molecule has 0 atom stereocenters. The molecule has 9 heteroatoms. The van der Waals surface area contributed by atoms with Crippen molar-refractivity contribution in [3.05, 3.63) is 6.33 Å². The highest BCUT2D eigenvalue weighted by Gasteiger charge is 2.09. The van der Waals surface area contributed by atoms with E-state index in [2.05, 4.69) is 42.6 Å². The number of hydrogen-bond donors (Lipinski definition) is 2. The van der Waals surface area contributed by atoms with Crippen LogP contribution in [0.5, 0.6) is 0 Å². The first kappa shape index (κ1) is 15.5. The molecule has 2 aromatic rings. The van der Waals surface area contributed by atoms with Crippen LogP contribution in [-0.4, -0.2) is 49.1 Å². The molecule has 114 valence electrons.